The highest BCUT2D eigenvalue weighted by Crippen LogP contribution is 2.28. The van der Waals surface area contributed by atoms with Crippen LogP contribution in [-0.2, 0) is 6.42 Å². The quantitative estimate of drug-likeness (QED) is 0.808. The number of hydrogen-bond donors (Lipinski definition) is 1. The lowest BCUT2D eigenvalue weighted by Crippen LogP contribution is -2.30. The van der Waals surface area contributed by atoms with E-state index in [0.717, 1.165) is 18.0 Å². The molecule has 2 aromatic rings. The molecule has 0 radical (unpaired) electrons. The molecule has 0 aromatic heterocycles. The molecule has 0 saturated carbocycles. The molecule has 1 N–H and O–H groups in total. The summed E-state index contributed by atoms with van der Waals surface area (Å²) in [6.07, 6.45) is 1.11. The molecule has 0 amide bonds. The summed E-state index contributed by atoms with van der Waals surface area (Å²) in [6.45, 7) is 1.03. The van der Waals surface area contributed by atoms with E-state index < -0.39 is 0 Å². The molecule has 17 heavy (non-hydrogen) atoms. The van der Waals surface area contributed by atoms with E-state index in [1.165, 1.54) is 16.7 Å². The summed E-state index contributed by atoms with van der Waals surface area (Å²) >= 11 is 5.93. The first-order chi connectivity index (χ1) is 8.34. The normalized spacial score (nSPS) is 18.8. The third kappa shape index (κ3) is 2.08. The summed E-state index contributed by atoms with van der Waals surface area (Å²) < 4.78 is 0. The monoisotopic (exact) mass is 243 g/mol. The standard InChI is InChI=1S/C15H14ClN/c16-13-7-5-12(6-8-13)15-14-4-2-1-3-11(14)9-10-17-15/h1-8,15,17H,9-10H2/t15-/m0/s1. The third-order valence-corrected chi connectivity index (χ3v) is 3.56. The van der Waals surface area contributed by atoms with Gasteiger partial charge in [-0.25, -0.2) is 0 Å². The van der Waals surface area contributed by atoms with Gasteiger partial charge in [0.25, 0.3) is 0 Å². The van der Waals surface area contributed by atoms with Crippen molar-refractivity contribution in [3.8, 4) is 0 Å². The Balaban J connectivity index is 2.03. The molecule has 0 fully saturated rings. The van der Waals surface area contributed by atoms with Crippen molar-refractivity contribution < 1.29 is 0 Å². The van der Waals surface area contributed by atoms with Crippen LogP contribution in [0.25, 0.3) is 0 Å². The van der Waals surface area contributed by atoms with Crippen LogP contribution in [0.5, 0.6) is 0 Å². The van der Waals surface area contributed by atoms with Gasteiger partial charge in [-0.1, -0.05) is 48.0 Å². The fourth-order valence-electron chi connectivity index (χ4n) is 2.46. The molecule has 0 bridgehead atoms. The largest absolute Gasteiger partial charge is 0.306 e. The van der Waals surface area contributed by atoms with Crippen LogP contribution in [0.4, 0.5) is 0 Å². The molecule has 3 rings (SSSR count). The van der Waals surface area contributed by atoms with E-state index in [-0.39, 0.29) is 0 Å². The van der Waals surface area contributed by atoms with Crippen LogP contribution in [0.1, 0.15) is 22.7 Å². The van der Waals surface area contributed by atoms with Gasteiger partial charge in [-0.2, -0.15) is 0 Å². The van der Waals surface area contributed by atoms with Crippen LogP contribution in [-0.4, -0.2) is 6.54 Å². The van der Waals surface area contributed by atoms with E-state index in [1.54, 1.807) is 0 Å². The number of benzene rings is 2. The Bertz CT molecular complexity index is 519. The van der Waals surface area contributed by atoms with Crippen molar-refractivity contribution in [1.82, 2.24) is 5.32 Å². The van der Waals surface area contributed by atoms with Gasteiger partial charge in [-0.15, -0.1) is 0 Å². The van der Waals surface area contributed by atoms with Crippen LogP contribution in [0.15, 0.2) is 48.5 Å². The van der Waals surface area contributed by atoms with Crippen molar-refractivity contribution in [2.24, 2.45) is 0 Å². The molecule has 2 aromatic carbocycles. The number of nitrogens with one attached hydrogen (secondary N) is 1. The average molecular weight is 244 g/mol. The summed E-state index contributed by atoms with van der Waals surface area (Å²) in [5.41, 5.74) is 4.12. The fourth-order valence-corrected chi connectivity index (χ4v) is 2.58. The molecule has 2 heteroatoms. The van der Waals surface area contributed by atoms with E-state index in [1.807, 2.05) is 12.1 Å². The molecule has 1 aliphatic rings. The summed E-state index contributed by atoms with van der Waals surface area (Å²) in [7, 11) is 0. The van der Waals surface area contributed by atoms with Crippen molar-refractivity contribution in [3.05, 3.63) is 70.2 Å². The lowest BCUT2D eigenvalue weighted by molar-refractivity contribution is 0.568. The molecular formula is C15H14ClN. The molecule has 0 aliphatic carbocycles. The van der Waals surface area contributed by atoms with E-state index in [4.69, 9.17) is 11.6 Å². The molecule has 1 nitrogen and oxygen atoms in total. The lowest BCUT2D eigenvalue weighted by atomic mass is 9.90. The smallest absolute Gasteiger partial charge is 0.0579 e. The van der Waals surface area contributed by atoms with E-state index in [9.17, 15) is 0 Å². The van der Waals surface area contributed by atoms with Gasteiger partial charge >= 0.3 is 0 Å². The second-order valence-electron chi connectivity index (χ2n) is 4.39. The predicted octanol–water partition coefficient (Wildman–Crippen LogP) is 3.58. The Hall–Kier alpha value is -1.31. The maximum atomic E-state index is 5.93. The zero-order valence-electron chi connectivity index (χ0n) is 9.49. The molecule has 0 saturated heterocycles. The second kappa shape index (κ2) is 4.52. The van der Waals surface area contributed by atoms with Gasteiger partial charge in [0.05, 0.1) is 6.04 Å². The zero-order valence-corrected chi connectivity index (χ0v) is 10.2. The van der Waals surface area contributed by atoms with Gasteiger partial charge < -0.3 is 5.32 Å². The Kier molecular flexibility index (Phi) is 2.87. The number of halogens is 1. The molecule has 1 atom stereocenters. The highest BCUT2D eigenvalue weighted by Gasteiger charge is 2.20. The molecule has 0 spiro atoms. The Morgan fingerprint density at radius 2 is 1.76 bits per heavy atom. The average Bonchev–Trinajstić information content (AvgIpc) is 2.39. The third-order valence-electron chi connectivity index (χ3n) is 3.31. The minimum Gasteiger partial charge on any atom is -0.306 e. The van der Waals surface area contributed by atoms with Crippen LogP contribution >= 0.6 is 11.6 Å². The van der Waals surface area contributed by atoms with Crippen molar-refractivity contribution in [2.45, 2.75) is 12.5 Å². The lowest BCUT2D eigenvalue weighted by Gasteiger charge is -2.27. The van der Waals surface area contributed by atoms with Gasteiger partial charge in [-0.05, 0) is 35.2 Å². The maximum Gasteiger partial charge on any atom is 0.0579 e. The van der Waals surface area contributed by atoms with Crippen molar-refractivity contribution in [2.75, 3.05) is 6.54 Å². The van der Waals surface area contributed by atoms with Gasteiger partial charge in [0.1, 0.15) is 0 Å². The molecule has 1 aliphatic heterocycles. The molecule has 0 unspecified atom stereocenters. The zero-order chi connectivity index (χ0) is 11.7. The number of rotatable bonds is 1. The summed E-state index contributed by atoms with van der Waals surface area (Å²) in [6, 6.07) is 17.1. The number of fused-ring (bicyclic) bond motifs is 1. The Morgan fingerprint density at radius 3 is 2.59 bits per heavy atom. The summed E-state index contributed by atoms with van der Waals surface area (Å²) in [5, 5.41) is 4.36. The molecular weight excluding hydrogens is 230 g/mol. The molecule has 86 valence electrons. The van der Waals surface area contributed by atoms with Crippen LogP contribution in [0.3, 0.4) is 0 Å². The Labute approximate surface area is 106 Å². The van der Waals surface area contributed by atoms with Gasteiger partial charge in [0.2, 0.25) is 0 Å². The predicted molar refractivity (Wildman–Crippen MR) is 71.4 cm³/mol. The van der Waals surface area contributed by atoms with Crippen molar-refractivity contribution in [1.29, 1.82) is 0 Å². The summed E-state index contributed by atoms with van der Waals surface area (Å²) in [4.78, 5) is 0. The minimum atomic E-state index is 0.303. The first kappa shape index (κ1) is 10.8. The topological polar surface area (TPSA) is 12.0 Å². The van der Waals surface area contributed by atoms with E-state index >= 15 is 0 Å². The SMILES string of the molecule is Clc1ccc([C@@H]2NCCc3ccccc32)cc1. The van der Waals surface area contributed by atoms with Crippen molar-refractivity contribution >= 4 is 11.6 Å². The summed E-state index contributed by atoms with van der Waals surface area (Å²) in [5.74, 6) is 0. The fraction of sp³-hybridized carbons (Fsp3) is 0.200. The van der Waals surface area contributed by atoms with Gasteiger partial charge in [0.15, 0.2) is 0 Å². The highest BCUT2D eigenvalue weighted by atomic mass is 35.5. The molecule has 1 heterocycles. The van der Waals surface area contributed by atoms with E-state index in [0.29, 0.717) is 6.04 Å². The van der Waals surface area contributed by atoms with Crippen molar-refractivity contribution in [3.63, 3.8) is 0 Å². The number of hydrogen-bond acceptors (Lipinski definition) is 1. The highest BCUT2D eigenvalue weighted by molar-refractivity contribution is 6.30. The minimum absolute atomic E-state index is 0.303. The first-order valence-corrected chi connectivity index (χ1v) is 6.29. The van der Waals surface area contributed by atoms with Crippen LogP contribution < -0.4 is 5.32 Å². The Morgan fingerprint density at radius 1 is 1.00 bits per heavy atom. The first-order valence-electron chi connectivity index (χ1n) is 5.91. The maximum absolute atomic E-state index is 5.93. The van der Waals surface area contributed by atoms with Gasteiger partial charge in [-0.3, -0.25) is 0 Å². The van der Waals surface area contributed by atoms with E-state index in [2.05, 4.69) is 41.7 Å². The van der Waals surface area contributed by atoms with Crippen LogP contribution in [0, 0.1) is 0 Å². The van der Waals surface area contributed by atoms with Crippen LogP contribution in [0.2, 0.25) is 5.02 Å². The second-order valence-corrected chi connectivity index (χ2v) is 4.82. The van der Waals surface area contributed by atoms with Gasteiger partial charge in [0, 0.05) is 11.6 Å².